The summed E-state index contributed by atoms with van der Waals surface area (Å²) in [6, 6.07) is 0. The van der Waals surface area contributed by atoms with Crippen molar-refractivity contribution < 1.29 is 9.31 Å². The second-order valence-corrected chi connectivity index (χ2v) is 3.98. The third kappa shape index (κ3) is 1.12. The molecule has 1 fully saturated rings. The standard InChI is InChI=1S/C8H13BO2.CH4/c1-7(2)8(3)5-4-6-9(10-7)11-8;/h4,6H,5H2,1-3H3;1H4. The summed E-state index contributed by atoms with van der Waals surface area (Å²) in [5, 5.41) is 0. The quantitative estimate of drug-likeness (QED) is 0.516. The van der Waals surface area contributed by atoms with Crippen molar-refractivity contribution in [2.75, 3.05) is 0 Å². The lowest BCUT2D eigenvalue weighted by molar-refractivity contribution is -0.00685. The second-order valence-electron chi connectivity index (χ2n) is 3.98. The minimum Gasteiger partial charge on any atom is -0.400 e. The van der Waals surface area contributed by atoms with Crippen molar-refractivity contribution >= 4 is 7.12 Å². The molecule has 1 unspecified atom stereocenters. The Bertz CT molecular complexity index is 211. The van der Waals surface area contributed by atoms with E-state index in [1.807, 2.05) is 5.98 Å². The van der Waals surface area contributed by atoms with Gasteiger partial charge < -0.3 is 9.31 Å². The Labute approximate surface area is 75.1 Å². The maximum absolute atomic E-state index is 5.69. The molecule has 68 valence electrons. The molecular weight excluding hydrogens is 151 g/mol. The van der Waals surface area contributed by atoms with Crippen LogP contribution in [0.3, 0.4) is 0 Å². The first-order valence-corrected chi connectivity index (χ1v) is 4.06. The van der Waals surface area contributed by atoms with Gasteiger partial charge in [-0.15, -0.1) is 0 Å². The highest BCUT2D eigenvalue weighted by molar-refractivity contribution is 6.52. The highest BCUT2D eigenvalue weighted by Gasteiger charge is 2.54. The van der Waals surface area contributed by atoms with Crippen LogP contribution in [0.2, 0.25) is 0 Å². The normalized spacial score (nSPS) is 36.4. The molecule has 0 aromatic carbocycles. The summed E-state index contributed by atoms with van der Waals surface area (Å²) in [5.41, 5.74) is -0.270. The van der Waals surface area contributed by atoms with Crippen LogP contribution in [-0.2, 0) is 9.31 Å². The minimum absolute atomic E-state index is 0. The number of hydrogen-bond acceptors (Lipinski definition) is 2. The molecule has 12 heavy (non-hydrogen) atoms. The smallest absolute Gasteiger partial charge is 0.400 e. The van der Waals surface area contributed by atoms with Gasteiger partial charge in [0.15, 0.2) is 0 Å². The lowest BCUT2D eigenvalue weighted by atomic mass is 9.81. The van der Waals surface area contributed by atoms with E-state index in [1.54, 1.807) is 0 Å². The Morgan fingerprint density at radius 2 is 1.92 bits per heavy atom. The Hall–Kier alpha value is -0.275. The van der Waals surface area contributed by atoms with Crippen LogP contribution in [0.15, 0.2) is 12.1 Å². The van der Waals surface area contributed by atoms with Gasteiger partial charge in [0.1, 0.15) is 0 Å². The highest BCUT2D eigenvalue weighted by atomic mass is 16.7. The molecule has 2 nitrogen and oxygen atoms in total. The monoisotopic (exact) mass is 168 g/mol. The summed E-state index contributed by atoms with van der Waals surface area (Å²) in [5.74, 6) is 1.98. The minimum atomic E-state index is -0.152. The molecule has 0 radical (unpaired) electrons. The lowest BCUT2D eigenvalue weighted by Crippen LogP contribution is -2.44. The Kier molecular flexibility index (Phi) is 2.13. The molecule has 2 bridgehead atoms. The van der Waals surface area contributed by atoms with Crippen molar-refractivity contribution in [1.29, 1.82) is 0 Å². The van der Waals surface area contributed by atoms with E-state index in [0.717, 1.165) is 6.42 Å². The molecule has 0 saturated carbocycles. The summed E-state index contributed by atoms with van der Waals surface area (Å²) in [7, 11) is -0.108. The first-order valence-electron chi connectivity index (χ1n) is 4.06. The van der Waals surface area contributed by atoms with Gasteiger partial charge >= 0.3 is 7.12 Å². The molecular formula is C9H17BO2. The Morgan fingerprint density at radius 3 is 2.42 bits per heavy atom. The van der Waals surface area contributed by atoms with Gasteiger partial charge in [-0.05, 0) is 27.2 Å². The first-order chi connectivity index (χ1) is 5.04. The fourth-order valence-electron chi connectivity index (χ4n) is 1.61. The van der Waals surface area contributed by atoms with E-state index in [1.165, 1.54) is 0 Å². The lowest BCUT2D eigenvalue weighted by Gasteiger charge is -2.35. The third-order valence-electron chi connectivity index (χ3n) is 2.86. The molecule has 1 atom stereocenters. The van der Waals surface area contributed by atoms with Crippen LogP contribution < -0.4 is 0 Å². The van der Waals surface area contributed by atoms with Crippen molar-refractivity contribution in [3.05, 3.63) is 12.1 Å². The molecule has 0 N–H and O–H groups in total. The fourth-order valence-corrected chi connectivity index (χ4v) is 1.61. The summed E-state index contributed by atoms with van der Waals surface area (Å²) in [6.45, 7) is 6.27. The van der Waals surface area contributed by atoms with E-state index in [-0.39, 0.29) is 25.7 Å². The number of rotatable bonds is 0. The van der Waals surface area contributed by atoms with Crippen molar-refractivity contribution in [1.82, 2.24) is 0 Å². The van der Waals surface area contributed by atoms with Gasteiger partial charge in [0.25, 0.3) is 0 Å². The second kappa shape index (κ2) is 2.61. The number of fused-ring (bicyclic) bond motifs is 2. The van der Waals surface area contributed by atoms with Crippen LogP contribution in [-0.4, -0.2) is 18.3 Å². The largest absolute Gasteiger partial charge is 0.486 e. The van der Waals surface area contributed by atoms with Crippen LogP contribution in [0.4, 0.5) is 0 Å². The van der Waals surface area contributed by atoms with Gasteiger partial charge in [0.2, 0.25) is 0 Å². The maximum Gasteiger partial charge on any atom is 0.486 e. The molecule has 0 aromatic rings. The van der Waals surface area contributed by atoms with E-state index in [0.29, 0.717) is 0 Å². The van der Waals surface area contributed by atoms with Gasteiger partial charge in [0, 0.05) is 0 Å². The van der Waals surface area contributed by atoms with E-state index < -0.39 is 0 Å². The topological polar surface area (TPSA) is 18.5 Å². The summed E-state index contributed by atoms with van der Waals surface area (Å²) in [4.78, 5) is 0. The van der Waals surface area contributed by atoms with Crippen LogP contribution in [0.25, 0.3) is 0 Å². The van der Waals surface area contributed by atoms with Gasteiger partial charge in [-0.2, -0.15) is 0 Å². The Balaban J connectivity index is 0.000000720. The molecule has 1 saturated heterocycles. The van der Waals surface area contributed by atoms with Crippen LogP contribution in [0.1, 0.15) is 34.6 Å². The van der Waals surface area contributed by atoms with Crippen LogP contribution >= 0.6 is 0 Å². The molecule has 0 spiro atoms. The predicted octanol–water partition coefficient (Wildman–Crippen LogP) is 2.19. The van der Waals surface area contributed by atoms with Gasteiger partial charge in [-0.25, -0.2) is 0 Å². The van der Waals surface area contributed by atoms with Crippen LogP contribution in [0.5, 0.6) is 0 Å². The molecule has 2 rings (SSSR count). The van der Waals surface area contributed by atoms with Crippen molar-refractivity contribution in [2.45, 2.75) is 45.8 Å². The van der Waals surface area contributed by atoms with Crippen molar-refractivity contribution in [3.8, 4) is 0 Å². The summed E-state index contributed by atoms with van der Waals surface area (Å²) in [6.07, 6.45) is 3.10. The van der Waals surface area contributed by atoms with Crippen molar-refractivity contribution in [2.24, 2.45) is 0 Å². The van der Waals surface area contributed by atoms with Crippen LogP contribution in [0, 0.1) is 0 Å². The molecule has 3 heteroatoms. The third-order valence-corrected chi connectivity index (χ3v) is 2.86. The SMILES string of the molecule is C.CC1(C)OB2C=CCC1(C)O2. The molecule has 2 aliphatic heterocycles. The van der Waals surface area contributed by atoms with Crippen molar-refractivity contribution in [3.63, 3.8) is 0 Å². The van der Waals surface area contributed by atoms with E-state index in [9.17, 15) is 0 Å². The molecule has 2 aliphatic rings. The van der Waals surface area contributed by atoms with E-state index in [2.05, 4.69) is 26.8 Å². The summed E-state index contributed by atoms with van der Waals surface area (Å²) < 4.78 is 11.4. The maximum atomic E-state index is 5.69. The van der Waals surface area contributed by atoms with Gasteiger partial charge in [-0.3, -0.25) is 0 Å². The fraction of sp³-hybridized carbons (Fsp3) is 0.778. The molecule has 0 amide bonds. The van der Waals surface area contributed by atoms with E-state index >= 15 is 0 Å². The first kappa shape index (κ1) is 9.81. The molecule has 0 aliphatic carbocycles. The molecule has 2 heterocycles. The zero-order valence-electron chi connectivity index (χ0n) is 7.26. The molecule has 0 aromatic heterocycles. The highest BCUT2D eigenvalue weighted by Crippen LogP contribution is 2.42. The zero-order valence-corrected chi connectivity index (χ0v) is 7.26. The Morgan fingerprint density at radius 1 is 1.25 bits per heavy atom. The average Bonchev–Trinajstić information content (AvgIpc) is 1.99. The van der Waals surface area contributed by atoms with Gasteiger partial charge in [0.05, 0.1) is 11.2 Å². The average molecular weight is 168 g/mol. The summed E-state index contributed by atoms with van der Waals surface area (Å²) >= 11 is 0. The van der Waals surface area contributed by atoms with E-state index in [4.69, 9.17) is 9.31 Å². The zero-order chi connectivity index (χ0) is 8.11. The number of hydrogen-bond donors (Lipinski definition) is 0. The van der Waals surface area contributed by atoms with Gasteiger partial charge in [-0.1, -0.05) is 19.5 Å². The predicted molar refractivity (Wildman–Crippen MR) is 50.9 cm³/mol.